The van der Waals surface area contributed by atoms with Crippen LogP contribution in [-0.2, 0) is 9.59 Å². The van der Waals surface area contributed by atoms with Gasteiger partial charge in [-0.3, -0.25) is 14.9 Å². The van der Waals surface area contributed by atoms with Crippen LogP contribution in [0.3, 0.4) is 0 Å². The highest BCUT2D eigenvalue weighted by molar-refractivity contribution is 6.39. The standard InChI is InChI=1S/C17H20N4O4/c1-12-11-15(19-25-12)18-16(22)17(23)21-9-7-20(8-10-21)13-5-3-4-6-14(13)24-2/h3-6,11H,7-10H2,1-2H3,(H,18,19,22). The van der Waals surface area contributed by atoms with E-state index in [2.05, 4.69) is 15.4 Å². The molecule has 1 saturated heterocycles. The van der Waals surface area contributed by atoms with Gasteiger partial charge < -0.3 is 19.1 Å². The molecule has 2 heterocycles. The second-order valence-electron chi connectivity index (χ2n) is 5.73. The molecule has 0 atom stereocenters. The van der Waals surface area contributed by atoms with E-state index in [4.69, 9.17) is 9.26 Å². The summed E-state index contributed by atoms with van der Waals surface area (Å²) in [7, 11) is 1.63. The zero-order chi connectivity index (χ0) is 17.8. The highest BCUT2D eigenvalue weighted by Crippen LogP contribution is 2.28. The third-order valence-electron chi connectivity index (χ3n) is 4.06. The van der Waals surface area contributed by atoms with Gasteiger partial charge in [0.1, 0.15) is 11.5 Å². The van der Waals surface area contributed by atoms with Gasteiger partial charge in [-0.15, -0.1) is 0 Å². The number of carbonyl (C=O) groups excluding carboxylic acids is 2. The number of carbonyl (C=O) groups is 2. The largest absolute Gasteiger partial charge is 0.495 e. The number of anilines is 2. The topological polar surface area (TPSA) is 87.9 Å². The van der Waals surface area contributed by atoms with Crippen LogP contribution in [0, 0.1) is 6.92 Å². The lowest BCUT2D eigenvalue weighted by Gasteiger charge is -2.36. The first-order valence-corrected chi connectivity index (χ1v) is 8.00. The van der Waals surface area contributed by atoms with E-state index in [0.29, 0.717) is 31.9 Å². The van der Waals surface area contributed by atoms with Gasteiger partial charge in [-0.25, -0.2) is 0 Å². The third kappa shape index (κ3) is 3.73. The molecule has 8 heteroatoms. The minimum absolute atomic E-state index is 0.239. The molecule has 2 aromatic rings. The van der Waals surface area contributed by atoms with Crippen molar-refractivity contribution in [1.29, 1.82) is 0 Å². The van der Waals surface area contributed by atoms with E-state index in [-0.39, 0.29) is 5.82 Å². The highest BCUT2D eigenvalue weighted by atomic mass is 16.5. The van der Waals surface area contributed by atoms with Crippen molar-refractivity contribution in [2.45, 2.75) is 6.92 Å². The fourth-order valence-corrected chi connectivity index (χ4v) is 2.78. The molecule has 3 rings (SSSR count). The smallest absolute Gasteiger partial charge is 0.315 e. The van der Waals surface area contributed by atoms with Gasteiger partial charge in [-0.1, -0.05) is 17.3 Å². The van der Waals surface area contributed by atoms with E-state index < -0.39 is 11.8 Å². The molecule has 1 fully saturated rings. The minimum Gasteiger partial charge on any atom is -0.495 e. The van der Waals surface area contributed by atoms with E-state index in [1.807, 2.05) is 24.3 Å². The van der Waals surface area contributed by atoms with E-state index in [9.17, 15) is 9.59 Å². The van der Waals surface area contributed by atoms with Crippen LogP contribution in [0.15, 0.2) is 34.9 Å². The molecule has 0 radical (unpaired) electrons. The molecule has 0 saturated carbocycles. The van der Waals surface area contributed by atoms with Gasteiger partial charge in [-0.05, 0) is 19.1 Å². The van der Waals surface area contributed by atoms with Gasteiger partial charge >= 0.3 is 11.8 Å². The number of ether oxygens (including phenoxy) is 1. The Morgan fingerprint density at radius 2 is 1.92 bits per heavy atom. The number of benzene rings is 1. The first-order chi connectivity index (χ1) is 12.1. The van der Waals surface area contributed by atoms with Crippen LogP contribution in [0.25, 0.3) is 0 Å². The maximum Gasteiger partial charge on any atom is 0.315 e. The molecule has 1 aliphatic heterocycles. The lowest BCUT2D eigenvalue weighted by Crippen LogP contribution is -2.51. The Morgan fingerprint density at radius 3 is 2.56 bits per heavy atom. The molecular formula is C17H20N4O4. The van der Waals surface area contributed by atoms with Crippen LogP contribution in [0.2, 0.25) is 0 Å². The van der Waals surface area contributed by atoms with Gasteiger partial charge in [0, 0.05) is 32.2 Å². The molecule has 0 unspecified atom stereocenters. The summed E-state index contributed by atoms with van der Waals surface area (Å²) in [5, 5.41) is 6.11. The van der Waals surface area contributed by atoms with Crippen LogP contribution in [0.1, 0.15) is 5.76 Å². The van der Waals surface area contributed by atoms with Crippen molar-refractivity contribution in [3.63, 3.8) is 0 Å². The minimum atomic E-state index is -0.709. The molecule has 25 heavy (non-hydrogen) atoms. The van der Waals surface area contributed by atoms with Gasteiger partial charge in [0.15, 0.2) is 5.82 Å². The molecule has 1 N–H and O–H groups in total. The van der Waals surface area contributed by atoms with Crippen molar-refractivity contribution in [3.8, 4) is 5.75 Å². The zero-order valence-electron chi connectivity index (χ0n) is 14.2. The van der Waals surface area contributed by atoms with E-state index in [1.165, 1.54) is 4.90 Å². The number of methoxy groups -OCH3 is 1. The molecule has 1 aromatic heterocycles. The second kappa shape index (κ2) is 7.25. The summed E-state index contributed by atoms with van der Waals surface area (Å²) in [5.41, 5.74) is 0.986. The average Bonchev–Trinajstić information content (AvgIpc) is 3.06. The van der Waals surface area contributed by atoms with Crippen LogP contribution in [-0.4, -0.2) is 55.2 Å². The predicted molar refractivity (Wildman–Crippen MR) is 91.7 cm³/mol. The number of aryl methyl sites for hydroxylation is 1. The normalized spacial score (nSPS) is 14.3. The summed E-state index contributed by atoms with van der Waals surface area (Å²) in [4.78, 5) is 28.0. The summed E-state index contributed by atoms with van der Waals surface area (Å²) in [6.45, 7) is 3.89. The van der Waals surface area contributed by atoms with Crippen molar-refractivity contribution >= 4 is 23.3 Å². The maximum atomic E-state index is 12.3. The summed E-state index contributed by atoms with van der Waals surface area (Å²) in [5.74, 6) is 0.317. The molecule has 0 aliphatic carbocycles. The number of hydrogen-bond acceptors (Lipinski definition) is 6. The van der Waals surface area contributed by atoms with Crippen molar-refractivity contribution in [3.05, 3.63) is 36.1 Å². The molecule has 0 spiro atoms. The quantitative estimate of drug-likeness (QED) is 0.844. The first kappa shape index (κ1) is 16.8. The number of nitrogens with zero attached hydrogens (tertiary/aromatic N) is 3. The number of hydrogen-bond donors (Lipinski definition) is 1. The first-order valence-electron chi connectivity index (χ1n) is 8.00. The number of nitrogens with one attached hydrogen (secondary N) is 1. The SMILES string of the molecule is COc1ccccc1N1CCN(C(=O)C(=O)Nc2cc(C)on2)CC1. The number of rotatable bonds is 3. The van der Waals surface area contributed by atoms with Crippen LogP contribution in [0.4, 0.5) is 11.5 Å². The summed E-state index contributed by atoms with van der Waals surface area (Å²) in [6, 6.07) is 9.31. The predicted octanol–water partition coefficient (Wildman–Crippen LogP) is 1.28. The van der Waals surface area contributed by atoms with E-state index in [1.54, 1.807) is 20.1 Å². The monoisotopic (exact) mass is 344 g/mol. The number of para-hydroxylation sites is 2. The summed E-state index contributed by atoms with van der Waals surface area (Å²) in [6.07, 6.45) is 0. The van der Waals surface area contributed by atoms with Crippen molar-refractivity contribution in [2.75, 3.05) is 43.5 Å². The fourth-order valence-electron chi connectivity index (χ4n) is 2.78. The van der Waals surface area contributed by atoms with Gasteiger partial charge in [0.2, 0.25) is 0 Å². The molecule has 8 nitrogen and oxygen atoms in total. The summed E-state index contributed by atoms with van der Waals surface area (Å²) < 4.78 is 10.2. The van der Waals surface area contributed by atoms with Gasteiger partial charge in [0.05, 0.1) is 12.8 Å². The Kier molecular flexibility index (Phi) is 4.87. The Hall–Kier alpha value is -3.03. The van der Waals surface area contributed by atoms with Crippen LogP contribution in [0.5, 0.6) is 5.75 Å². The molecule has 132 valence electrons. The van der Waals surface area contributed by atoms with Crippen molar-refractivity contribution in [1.82, 2.24) is 10.1 Å². The number of piperazine rings is 1. The van der Waals surface area contributed by atoms with E-state index >= 15 is 0 Å². The Morgan fingerprint density at radius 1 is 1.20 bits per heavy atom. The maximum absolute atomic E-state index is 12.3. The van der Waals surface area contributed by atoms with E-state index in [0.717, 1.165) is 11.4 Å². The molecule has 0 bridgehead atoms. The molecule has 1 aromatic carbocycles. The van der Waals surface area contributed by atoms with Crippen molar-refractivity contribution < 1.29 is 18.8 Å². The fraction of sp³-hybridized carbons (Fsp3) is 0.353. The lowest BCUT2D eigenvalue weighted by molar-refractivity contribution is -0.143. The number of aromatic nitrogens is 1. The van der Waals surface area contributed by atoms with Gasteiger partial charge in [-0.2, -0.15) is 0 Å². The van der Waals surface area contributed by atoms with Crippen LogP contribution >= 0.6 is 0 Å². The molecule has 1 aliphatic rings. The zero-order valence-corrected chi connectivity index (χ0v) is 14.2. The Balaban J connectivity index is 1.58. The second-order valence-corrected chi connectivity index (χ2v) is 5.73. The Labute approximate surface area is 145 Å². The highest BCUT2D eigenvalue weighted by Gasteiger charge is 2.27. The molecule has 2 amide bonds. The Bertz CT molecular complexity index is 766. The average molecular weight is 344 g/mol. The third-order valence-corrected chi connectivity index (χ3v) is 4.06. The van der Waals surface area contributed by atoms with Crippen molar-refractivity contribution in [2.24, 2.45) is 0 Å². The lowest BCUT2D eigenvalue weighted by atomic mass is 10.2. The summed E-state index contributed by atoms with van der Waals surface area (Å²) >= 11 is 0. The number of amides is 2. The van der Waals surface area contributed by atoms with Gasteiger partial charge in [0.25, 0.3) is 0 Å². The molecular weight excluding hydrogens is 324 g/mol. The van der Waals surface area contributed by atoms with Crippen LogP contribution < -0.4 is 15.0 Å².